The lowest BCUT2D eigenvalue weighted by Gasteiger charge is -2.27. The molecule has 4 nitrogen and oxygen atoms in total. The van der Waals surface area contributed by atoms with Crippen LogP contribution in [0.3, 0.4) is 0 Å². The molecule has 0 aliphatic rings. The first-order valence-electron chi connectivity index (χ1n) is 6.32. The Hall–Kier alpha value is -1.75. The molecule has 1 heterocycles. The van der Waals surface area contributed by atoms with Crippen molar-refractivity contribution in [1.82, 2.24) is 10.6 Å². The number of halogens is 1. The molecule has 20 heavy (non-hydrogen) atoms. The first-order valence-corrected chi connectivity index (χ1v) is 7.11. The van der Waals surface area contributed by atoms with Crippen molar-refractivity contribution in [1.29, 1.82) is 0 Å². The maximum Gasteiger partial charge on any atom is 0.315 e. The fourth-order valence-electron chi connectivity index (χ4n) is 1.85. The van der Waals surface area contributed by atoms with E-state index >= 15 is 0 Å². The van der Waals surface area contributed by atoms with Crippen molar-refractivity contribution in [3.63, 3.8) is 0 Å². The van der Waals surface area contributed by atoms with E-state index < -0.39 is 5.54 Å². The van der Waals surface area contributed by atoms with E-state index in [1.54, 1.807) is 12.3 Å². The van der Waals surface area contributed by atoms with Crippen molar-refractivity contribution in [3.8, 4) is 0 Å². The molecule has 0 spiro atoms. The van der Waals surface area contributed by atoms with E-state index in [-0.39, 0.29) is 6.03 Å². The number of benzene rings is 1. The molecule has 2 N–H and O–H groups in total. The van der Waals surface area contributed by atoms with Gasteiger partial charge in [0, 0.05) is 4.47 Å². The van der Waals surface area contributed by atoms with Crippen LogP contribution in [0.1, 0.15) is 25.2 Å². The minimum atomic E-state index is -0.450. The molecule has 106 valence electrons. The molecule has 0 bridgehead atoms. The van der Waals surface area contributed by atoms with Gasteiger partial charge in [0.05, 0.1) is 18.3 Å². The van der Waals surface area contributed by atoms with Crippen molar-refractivity contribution in [2.75, 3.05) is 0 Å². The second-order valence-corrected chi connectivity index (χ2v) is 5.93. The predicted molar refractivity (Wildman–Crippen MR) is 81.2 cm³/mol. The fraction of sp³-hybridized carbons (Fsp3) is 0.267. The summed E-state index contributed by atoms with van der Waals surface area (Å²) < 4.78 is 6.18. The average molecular weight is 337 g/mol. The molecule has 2 amide bonds. The number of urea groups is 1. The summed E-state index contributed by atoms with van der Waals surface area (Å²) in [6, 6.07) is 11.3. The van der Waals surface area contributed by atoms with E-state index in [0.717, 1.165) is 15.8 Å². The summed E-state index contributed by atoms with van der Waals surface area (Å²) in [7, 11) is 0. The number of hydrogen-bond donors (Lipinski definition) is 2. The number of nitrogens with one attached hydrogen (secondary N) is 2. The predicted octanol–water partition coefficient (Wildman–Crippen LogP) is 3.78. The molecule has 1 aromatic carbocycles. The van der Waals surface area contributed by atoms with Gasteiger partial charge in [0.25, 0.3) is 0 Å². The number of furan rings is 1. The minimum Gasteiger partial charge on any atom is -0.467 e. The zero-order valence-electron chi connectivity index (χ0n) is 11.4. The van der Waals surface area contributed by atoms with Gasteiger partial charge in [0.1, 0.15) is 5.76 Å². The molecule has 0 saturated heterocycles. The molecule has 5 heteroatoms. The van der Waals surface area contributed by atoms with Crippen LogP contribution in [-0.4, -0.2) is 6.03 Å². The monoisotopic (exact) mass is 336 g/mol. The maximum atomic E-state index is 11.9. The number of carbonyl (C=O) groups excluding carboxylic acids is 1. The van der Waals surface area contributed by atoms with Crippen molar-refractivity contribution >= 4 is 22.0 Å². The van der Waals surface area contributed by atoms with Gasteiger partial charge in [0.2, 0.25) is 0 Å². The van der Waals surface area contributed by atoms with Crippen molar-refractivity contribution in [2.45, 2.75) is 25.9 Å². The fourth-order valence-corrected chi connectivity index (χ4v) is 2.11. The van der Waals surface area contributed by atoms with E-state index in [4.69, 9.17) is 4.42 Å². The Bertz CT molecular complexity index is 562. The van der Waals surface area contributed by atoms with E-state index in [0.29, 0.717) is 6.54 Å². The summed E-state index contributed by atoms with van der Waals surface area (Å²) in [5.41, 5.74) is 0.586. The molecule has 2 aromatic rings. The normalized spacial score (nSPS) is 11.2. The quantitative estimate of drug-likeness (QED) is 0.892. The van der Waals surface area contributed by atoms with Crippen LogP contribution >= 0.6 is 15.9 Å². The van der Waals surface area contributed by atoms with Gasteiger partial charge in [0.15, 0.2) is 0 Å². The van der Waals surface area contributed by atoms with Crippen LogP contribution in [0.15, 0.2) is 51.6 Å². The lowest BCUT2D eigenvalue weighted by Crippen LogP contribution is -2.46. The van der Waals surface area contributed by atoms with E-state index in [1.165, 1.54) is 0 Å². The highest BCUT2D eigenvalue weighted by molar-refractivity contribution is 9.10. The van der Waals surface area contributed by atoms with Gasteiger partial charge in [-0.05, 0) is 43.7 Å². The van der Waals surface area contributed by atoms with Crippen LogP contribution in [0.25, 0.3) is 0 Å². The van der Waals surface area contributed by atoms with Gasteiger partial charge < -0.3 is 15.1 Å². The molecule has 0 atom stereocenters. The highest BCUT2D eigenvalue weighted by Gasteiger charge is 2.22. The largest absolute Gasteiger partial charge is 0.467 e. The third kappa shape index (κ3) is 3.87. The number of hydrogen-bond acceptors (Lipinski definition) is 2. The average Bonchev–Trinajstić information content (AvgIpc) is 2.89. The Kier molecular flexibility index (Phi) is 4.49. The summed E-state index contributed by atoms with van der Waals surface area (Å²) in [4.78, 5) is 11.9. The van der Waals surface area contributed by atoms with Crippen molar-refractivity contribution in [2.24, 2.45) is 0 Å². The number of amides is 2. The third-order valence-electron chi connectivity index (χ3n) is 3.00. The SMILES string of the molecule is CC(C)(NC(=O)NCc1ccco1)c1ccc(Br)cc1. The lowest BCUT2D eigenvalue weighted by molar-refractivity contribution is 0.228. The van der Waals surface area contributed by atoms with Gasteiger partial charge >= 0.3 is 6.03 Å². The number of rotatable bonds is 4. The van der Waals surface area contributed by atoms with Crippen LogP contribution in [-0.2, 0) is 12.1 Å². The molecule has 1 aromatic heterocycles. The summed E-state index contributed by atoms with van der Waals surface area (Å²) >= 11 is 3.40. The van der Waals surface area contributed by atoms with Gasteiger partial charge in [-0.2, -0.15) is 0 Å². The second-order valence-electron chi connectivity index (χ2n) is 5.02. The van der Waals surface area contributed by atoms with Gasteiger partial charge in [-0.3, -0.25) is 0 Å². The highest BCUT2D eigenvalue weighted by Crippen LogP contribution is 2.21. The van der Waals surface area contributed by atoms with Crippen molar-refractivity contribution in [3.05, 3.63) is 58.5 Å². The first-order chi connectivity index (χ1) is 9.47. The van der Waals surface area contributed by atoms with Crippen LogP contribution in [0.2, 0.25) is 0 Å². The van der Waals surface area contributed by atoms with Crippen molar-refractivity contribution < 1.29 is 9.21 Å². The molecule has 0 aliphatic heterocycles. The van der Waals surface area contributed by atoms with Gasteiger partial charge in [-0.1, -0.05) is 28.1 Å². The van der Waals surface area contributed by atoms with Crippen LogP contribution in [0, 0.1) is 0 Å². The van der Waals surface area contributed by atoms with E-state index in [1.807, 2.05) is 44.2 Å². The topological polar surface area (TPSA) is 54.3 Å². The summed E-state index contributed by atoms with van der Waals surface area (Å²) in [6.45, 7) is 4.29. The van der Waals surface area contributed by atoms with Crippen LogP contribution in [0.4, 0.5) is 4.79 Å². The molecule has 0 unspecified atom stereocenters. The summed E-state index contributed by atoms with van der Waals surface area (Å²) in [5.74, 6) is 0.724. The Morgan fingerprint density at radius 2 is 1.95 bits per heavy atom. The zero-order valence-corrected chi connectivity index (χ0v) is 13.0. The zero-order chi connectivity index (χ0) is 14.6. The molecular formula is C15H17BrN2O2. The van der Waals surface area contributed by atoms with Gasteiger partial charge in [-0.25, -0.2) is 4.79 Å². The first kappa shape index (κ1) is 14.7. The highest BCUT2D eigenvalue weighted by atomic mass is 79.9. The standard InChI is InChI=1S/C15H17BrN2O2/c1-15(2,11-5-7-12(16)8-6-11)18-14(19)17-10-13-4-3-9-20-13/h3-9H,10H2,1-2H3,(H2,17,18,19). The molecule has 0 radical (unpaired) electrons. The molecular weight excluding hydrogens is 320 g/mol. The van der Waals surface area contributed by atoms with E-state index in [9.17, 15) is 4.79 Å². The molecule has 2 rings (SSSR count). The lowest BCUT2D eigenvalue weighted by atomic mass is 9.95. The van der Waals surface area contributed by atoms with Crippen LogP contribution in [0.5, 0.6) is 0 Å². The Balaban J connectivity index is 1.93. The van der Waals surface area contributed by atoms with E-state index in [2.05, 4.69) is 26.6 Å². The third-order valence-corrected chi connectivity index (χ3v) is 3.52. The molecule has 0 fully saturated rings. The smallest absolute Gasteiger partial charge is 0.315 e. The summed E-state index contributed by atoms with van der Waals surface area (Å²) in [6.07, 6.45) is 1.58. The minimum absolute atomic E-state index is 0.227. The summed E-state index contributed by atoms with van der Waals surface area (Å²) in [5, 5.41) is 5.72. The van der Waals surface area contributed by atoms with Crippen LogP contribution < -0.4 is 10.6 Å². The maximum absolute atomic E-state index is 11.9. The Morgan fingerprint density at radius 3 is 2.55 bits per heavy atom. The Morgan fingerprint density at radius 1 is 1.25 bits per heavy atom. The Labute approximate surface area is 126 Å². The molecule has 0 saturated carbocycles. The second kappa shape index (κ2) is 6.13. The number of carbonyl (C=O) groups is 1. The molecule has 0 aliphatic carbocycles. The van der Waals surface area contributed by atoms with Gasteiger partial charge in [-0.15, -0.1) is 0 Å².